The van der Waals surface area contributed by atoms with Gasteiger partial charge >= 0.3 is 0 Å². The van der Waals surface area contributed by atoms with Gasteiger partial charge in [0.1, 0.15) is 0 Å². The van der Waals surface area contributed by atoms with Crippen LogP contribution in [-0.4, -0.2) is 23.5 Å². The topological polar surface area (TPSA) is 9.23 Å². The molecule has 0 spiro atoms. The fraction of sp³-hybridized carbons (Fsp3) is 1.00. The molecule has 1 aliphatic rings. The Morgan fingerprint density at radius 1 is 1.36 bits per heavy atom. The van der Waals surface area contributed by atoms with E-state index >= 15 is 0 Å². The van der Waals surface area contributed by atoms with Crippen LogP contribution in [-0.2, 0) is 4.74 Å². The Hall–Kier alpha value is 0.540. The van der Waals surface area contributed by atoms with Gasteiger partial charge in [-0.25, -0.2) is 0 Å². The lowest BCUT2D eigenvalue weighted by Crippen LogP contribution is -2.29. The Balaban J connectivity index is 2.46. The zero-order valence-corrected chi connectivity index (χ0v) is 10.8. The zero-order chi connectivity index (χ0) is 10.8. The molecule has 1 saturated heterocycles. The lowest BCUT2D eigenvalue weighted by Gasteiger charge is -2.28. The fourth-order valence-corrected chi connectivity index (χ4v) is 2.42. The van der Waals surface area contributed by atoms with Crippen molar-refractivity contribution in [1.29, 1.82) is 0 Å². The van der Waals surface area contributed by atoms with E-state index in [1.807, 2.05) is 0 Å². The van der Waals surface area contributed by atoms with Crippen LogP contribution in [0, 0.1) is 5.41 Å². The lowest BCUT2D eigenvalue weighted by atomic mass is 9.87. The Morgan fingerprint density at radius 3 is 2.29 bits per heavy atom. The van der Waals surface area contributed by atoms with Gasteiger partial charge in [0.15, 0.2) is 0 Å². The third-order valence-corrected chi connectivity index (χ3v) is 4.21. The summed E-state index contributed by atoms with van der Waals surface area (Å²) in [7, 11) is 0. The van der Waals surface area contributed by atoms with Gasteiger partial charge in [-0.3, -0.25) is 0 Å². The molecule has 1 heterocycles. The van der Waals surface area contributed by atoms with Gasteiger partial charge in [-0.1, -0.05) is 6.92 Å². The number of rotatable bonds is 4. The van der Waals surface area contributed by atoms with E-state index < -0.39 is 0 Å². The number of ether oxygens (including phenoxy) is 1. The van der Waals surface area contributed by atoms with Crippen LogP contribution in [0.3, 0.4) is 0 Å². The molecular formula is C11H20Cl2O. The van der Waals surface area contributed by atoms with Gasteiger partial charge in [0.25, 0.3) is 0 Å². The molecule has 0 amide bonds. The first-order valence-electron chi connectivity index (χ1n) is 5.21. The van der Waals surface area contributed by atoms with Crippen LogP contribution < -0.4 is 0 Å². The van der Waals surface area contributed by atoms with E-state index in [0.29, 0.717) is 17.9 Å². The van der Waals surface area contributed by atoms with Crippen molar-refractivity contribution in [2.45, 2.75) is 51.7 Å². The van der Waals surface area contributed by atoms with E-state index in [-0.39, 0.29) is 11.0 Å². The van der Waals surface area contributed by atoms with Gasteiger partial charge in [0.05, 0.1) is 11.7 Å². The summed E-state index contributed by atoms with van der Waals surface area (Å²) in [5, 5.41) is 0. The van der Waals surface area contributed by atoms with Crippen molar-refractivity contribution in [2.24, 2.45) is 5.41 Å². The fourth-order valence-electron chi connectivity index (χ4n) is 1.92. The van der Waals surface area contributed by atoms with Crippen molar-refractivity contribution in [2.75, 3.05) is 11.8 Å². The first kappa shape index (κ1) is 12.6. The second-order valence-corrected chi connectivity index (χ2v) is 5.85. The highest BCUT2D eigenvalue weighted by atomic mass is 35.5. The molecular weight excluding hydrogens is 219 g/mol. The van der Waals surface area contributed by atoms with E-state index in [1.54, 1.807) is 0 Å². The van der Waals surface area contributed by atoms with E-state index in [1.165, 1.54) is 0 Å². The summed E-state index contributed by atoms with van der Waals surface area (Å²) in [6.45, 7) is 6.42. The van der Waals surface area contributed by atoms with Crippen molar-refractivity contribution in [3.05, 3.63) is 0 Å². The van der Waals surface area contributed by atoms with Gasteiger partial charge in [-0.2, -0.15) is 0 Å². The number of alkyl halides is 2. The number of hydrogen-bond acceptors (Lipinski definition) is 1. The molecule has 14 heavy (non-hydrogen) atoms. The summed E-state index contributed by atoms with van der Waals surface area (Å²) in [6, 6.07) is 0. The molecule has 3 heteroatoms. The molecule has 1 nitrogen and oxygen atoms in total. The van der Waals surface area contributed by atoms with E-state index in [9.17, 15) is 0 Å². The Morgan fingerprint density at radius 2 is 1.93 bits per heavy atom. The SMILES string of the molecule is CC(CCl)(CCl)CC1CCC(C)(C)O1. The van der Waals surface area contributed by atoms with Crippen LogP contribution in [0.1, 0.15) is 40.0 Å². The first-order chi connectivity index (χ1) is 6.41. The predicted octanol–water partition coefficient (Wildman–Crippen LogP) is 3.82. The van der Waals surface area contributed by atoms with Crippen molar-refractivity contribution in [3.8, 4) is 0 Å². The van der Waals surface area contributed by atoms with E-state index in [2.05, 4.69) is 20.8 Å². The number of hydrogen-bond donors (Lipinski definition) is 0. The van der Waals surface area contributed by atoms with Gasteiger partial charge in [-0.15, -0.1) is 23.2 Å². The van der Waals surface area contributed by atoms with E-state index in [0.717, 1.165) is 19.3 Å². The molecule has 1 fully saturated rings. The summed E-state index contributed by atoms with van der Waals surface area (Å²) < 4.78 is 5.93. The minimum atomic E-state index is 0.0220. The summed E-state index contributed by atoms with van der Waals surface area (Å²) in [4.78, 5) is 0. The van der Waals surface area contributed by atoms with E-state index in [4.69, 9.17) is 27.9 Å². The molecule has 0 radical (unpaired) electrons. The molecule has 0 saturated carbocycles. The molecule has 0 bridgehead atoms. The maximum absolute atomic E-state index is 5.93. The highest BCUT2D eigenvalue weighted by Gasteiger charge is 2.36. The van der Waals surface area contributed by atoms with Crippen LogP contribution in [0.4, 0.5) is 0 Å². The first-order valence-corrected chi connectivity index (χ1v) is 6.27. The van der Waals surface area contributed by atoms with Crippen molar-refractivity contribution in [3.63, 3.8) is 0 Å². The smallest absolute Gasteiger partial charge is 0.0631 e. The Labute approximate surface area is 97.1 Å². The van der Waals surface area contributed by atoms with Crippen molar-refractivity contribution < 1.29 is 4.74 Å². The molecule has 1 atom stereocenters. The molecule has 84 valence electrons. The molecule has 0 aliphatic carbocycles. The maximum atomic E-state index is 5.93. The second-order valence-electron chi connectivity index (χ2n) is 5.32. The molecule has 0 aromatic heterocycles. The molecule has 1 aliphatic heterocycles. The quantitative estimate of drug-likeness (QED) is 0.677. The van der Waals surface area contributed by atoms with Crippen LogP contribution in [0.5, 0.6) is 0 Å². The van der Waals surface area contributed by atoms with Crippen LogP contribution >= 0.6 is 23.2 Å². The summed E-state index contributed by atoms with van der Waals surface area (Å²) in [5.74, 6) is 1.22. The molecule has 1 unspecified atom stereocenters. The molecule has 1 rings (SSSR count). The zero-order valence-electron chi connectivity index (χ0n) is 9.28. The Bertz CT molecular complexity index is 188. The van der Waals surface area contributed by atoms with Crippen LogP contribution in [0.15, 0.2) is 0 Å². The largest absolute Gasteiger partial charge is 0.372 e. The summed E-state index contributed by atoms with van der Waals surface area (Å²) in [6.07, 6.45) is 3.59. The van der Waals surface area contributed by atoms with Crippen LogP contribution in [0.2, 0.25) is 0 Å². The van der Waals surface area contributed by atoms with Gasteiger partial charge in [-0.05, 0) is 38.5 Å². The average molecular weight is 239 g/mol. The highest BCUT2D eigenvalue weighted by Crippen LogP contribution is 2.37. The van der Waals surface area contributed by atoms with Gasteiger partial charge < -0.3 is 4.74 Å². The monoisotopic (exact) mass is 238 g/mol. The van der Waals surface area contributed by atoms with Gasteiger partial charge in [0, 0.05) is 11.8 Å². The normalized spacial score (nSPS) is 26.8. The molecule has 0 N–H and O–H groups in total. The number of halogens is 2. The third-order valence-electron chi connectivity index (χ3n) is 2.92. The second kappa shape index (κ2) is 4.59. The van der Waals surface area contributed by atoms with Crippen LogP contribution in [0.25, 0.3) is 0 Å². The minimum absolute atomic E-state index is 0.0220. The maximum Gasteiger partial charge on any atom is 0.0631 e. The predicted molar refractivity (Wildman–Crippen MR) is 62.4 cm³/mol. The lowest BCUT2D eigenvalue weighted by molar-refractivity contribution is -0.0294. The molecule has 0 aromatic rings. The minimum Gasteiger partial charge on any atom is -0.372 e. The standard InChI is InChI=1S/C11H20Cl2O/c1-10(2)5-4-9(14-10)6-11(3,7-12)8-13/h9H,4-8H2,1-3H3. The van der Waals surface area contributed by atoms with Crippen molar-refractivity contribution >= 4 is 23.2 Å². The third kappa shape index (κ3) is 3.29. The summed E-state index contributed by atoms with van der Waals surface area (Å²) in [5.41, 5.74) is 0.0679. The molecule has 0 aromatic carbocycles. The average Bonchev–Trinajstić information content (AvgIpc) is 2.45. The highest BCUT2D eigenvalue weighted by molar-refractivity contribution is 6.21. The Kier molecular flexibility index (Phi) is 4.13. The van der Waals surface area contributed by atoms with Crippen molar-refractivity contribution in [1.82, 2.24) is 0 Å². The summed E-state index contributed by atoms with van der Waals surface area (Å²) >= 11 is 11.8. The van der Waals surface area contributed by atoms with Gasteiger partial charge in [0.2, 0.25) is 0 Å².